The van der Waals surface area contributed by atoms with E-state index in [9.17, 15) is 14.7 Å². The number of benzene rings is 1. The highest BCUT2D eigenvalue weighted by atomic mass is 35.5. The van der Waals surface area contributed by atoms with Crippen LogP contribution in [0, 0.1) is 12.3 Å². The van der Waals surface area contributed by atoms with Crippen molar-refractivity contribution in [3.63, 3.8) is 0 Å². The van der Waals surface area contributed by atoms with E-state index >= 15 is 0 Å². The first-order valence-corrected chi connectivity index (χ1v) is 10.0. The van der Waals surface area contributed by atoms with E-state index in [4.69, 9.17) is 25.8 Å². The Balaban J connectivity index is 2.68. The summed E-state index contributed by atoms with van der Waals surface area (Å²) in [4.78, 5) is 34.0. The minimum atomic E-state index is -1.95. The van der Waals surface area contributed by atoms with Crippen LogP contribution in [0.25, 0.3) is 0 Å². The highest BCUT2D eigenvalue weighted by Crippen LogP contribution is 2.42. The van der Waals surface area contributed by atoms with E-state index in [0.717, 1.165) is 0 Å². The molecule has 2 atom stereocenters. The molecule has 10 heteroatoms. The number of ether oxygens (including phenoxy) is 3. The number of nitrogens with one attached hydrogen (secondary N) is 1. The number of anilines is 1. The molecule has 0 fully saturated rings. The molecule has 2 N–H and O–H groups in total. The van der Waals surface area contributed by atoms with Crippen LogP contribution in [-0.4, -0.2) is 47.8 Å². The summed E-state index contributed by atoms with van der Waals surface area (Å²) in [7, 11) is 2.93. The molecule has 168 valence electrons. The molecule has 9 nitrogen and oxygen atoms in total. The monoisotopic (exact) mass is 451 g/mol. The van der Waals surface area contributed by atoms with Gasteiger partial charge < -0.3 is 24.6 Å². The van der Waals surface area contributed by atoms with Crippen molar-refractivity contribution in [2.45, 2.75) is 33.2 Å². The van der Waals surface area contributed by atoms with Gasteiger partial charge in [0.25, 0.3) is 0 Å². The van der Waals surface area contributed by atoms with Gasteiger partial charge in [0.05, 0.1) is 32.6 Å². The third-order valence-electron chi connectivity index (χ3n) is 4.97. The number of aliphatic carboxylic acids is 1. The molecular formula is C21H26ClN3O6. The van der Waals surface area contributed by atoms with E-state index in [1.165, 1.54) is 14.2 Å². The Kier molecular flexibility index (Phi) is 8.04. The Labute approximate surface area is 185 Å². The average molecular weight is 452 g/mol. The van der Waals surface area contributed by atoms with Gasteiger partial charge in [-0.1, -0.05) is 30.7 Å². The Bertz CT molecular complexity index is 937. The van der Waals surface area contributed by atoms with Crippen LogP contribution in [0.15, 0.2) is 24.3 Å². The normalized spacial score (nSPS) is 13.6. The quantitative estimate of drug-likeness (QED) is 0.411. The highest BCUT2D eigenvalue weighted by Gasteiger charge is 2.54. The van der Waals surface area contributed by atoms with E-state index in [0.29, 0.717) is 17.0 Å². The second-order valence-electron chi connectivity index (χ2n) is 6.66. The number of methoxy groups -OCH3 is 2. The van der Waals surface area contributed by atoms with Gasteiger partial charge in [-0.05, 0) is 38.0 Å². The molecule has 0 aliphatic carbocycles. The maximum absolute atomic E-state index is 13.0. The van der Waals surface area contributed by atoms with Crippen LogP contribution in [0.3, 0.4) is 0 Å². The van der Waals surface area contributed by atoms with Gasteiger partial charge in [-0.15, -0.1) is 0 Å². The highest BCUT2D eigenvalue weighted by molar-refractivity contribution is 6.32. The fraction of sp³-hybridized carbons (Fsp3) is 0.429. The van der Waals surface area contributed by atoms with Gasteiger partial charge in [0, 0.05) is 0 Å². The zero-order valence-corrected chi connectivity index (χ0v) is 18.8. The minimum Gasteiger partial charge on any atom is -0.497 e. The molecule has 0 saturated heterocycles. The van der Waals surface area contributed by atoms with Crippen LogP contribution in [0.1, 0.15) is 37.6 Å². The molecular weight excluding hydrogens is 426 g/mol. The standard InChI is InChI=1S/C21H26ClN3O6/c1-6-21(18(26)27,19(28)31-7-2)16(13-8-10-14(29-4)11-9-13)24-20-23-12(3)15(22)17(25-20)30-5/h8-11,16H,6-7H2,1-5H3,(H,26,27)(H,23,24,25). The van der Waals surface area contributed by atoms with Crippen molar-refractivity contribution in [2.24, 2.45) is 5.41 Å². The minimum absolute atomic E-state index is 0.0353. The van der Waals surface area contributed by atoms with Crippen LogP contribution < -0.4 is 14.8 Å². The number of carbonyl (C=O) groups excluding carboxylic acids is 1. The first kappa shape index (κ1) is 24.2. The van der Waals surface area contributed by atoms with Crippen molar-refractivity contribution in [1.29, 1.82) is 0 Å². The summed E-state index contributed by atoms with van der Waals surface area (Å²) in [6, 6.07) is 5.62. The second kappa shape index (κ2) is 10.3. The summed E-state index contributed by atoms with van der Waals surface area (Å²) in [5.74, 6) is -1.44. The van der Waals surface area contributed by atoms with Gasteiger partial charge in [-0.25, -0.2) is 4.98 Å². The second-order valence-corrected chi connectivity index (χ2v) is 7.03. The van der Waals surface area contributed by atoms with Crippen LogP contribution in [0.4, 0.5) is 5.95 Å². The number of rotatable bonds is 10. The molecule has 0 bridgehead atoms. The molecule has 2 rings (SSSR count). The molecule has 0 aliphatic heterocycles. The first-order valence-electron chi connectivity index (χ1n) is 9.64. The number of esters is 1. The van der Waals surface area contributed by atoms with E-state index in [1.54, 1.807) is 45.0 Å². The number of hydrogen-bond donors (Lipinski definition) is 2. The Morgan fingerprint density at radius 1 is 1.16 bits per heavy atom. The number of nitrogens with zero attached hydrogens (tertiary/aromatic N) is 2. The van der Waals surface area contributed by atoms with Gasteiger partial charge in [-0.3, -0.25) is 9.59 Å². The Hall–Kier alpha value is -3.07. The van der Waals surface area contributed by atoms with Gasteiger partial charge in [0.15, 0.2) is 5.41 Å². The molecule has 0 aliphatic rings. The number of carboxylic acid groups (broad SMARTS) is 1. The molecule has 1 aromatic carbocycles. The third-order valence-corrected chi connectivity index (χ3v) is 5.41. The number of aryl methyl sites for hydroxylation is 1. The molecule has 1 heterocycles. The number of carboxylic acids is 1. The number of hydrogen-bond acceptors (Lipinski definition) is 8. The van der Waals surface area contributed by atoms with Gasteiger partial charge in [0.1, 0.15) is 10.8 Å². The summed E-state index contributed by atoms with van der Waals surface area (Å²) in [5, 5.41) is 13.4. The summed E-state index contributed by atoms with van der Waals surface area (Å²) in [6.07, 6.45) is -0.0471. The number of carbonyl (C=O) groups is 2. The van der Waals surface area contributed by atoms with E-state index in [-0.39, 0.29) is 29.9 Å². The fourth-order valence-electron chi connectivity index (χ4n) is 3.24. The zero-order chi connectivity index (χ0) is 23.2. The lowest BCUT2D eigenvalue weighted by molar-refractivity contribution is -0.170. The van der Waals surface area contributed by atoms with E-state index < -0.39 is 23.4 Å². The van der Waals surface area contributed by atoms with Crippen LogP contribution >= 0.6 is 11.6 Å². The summed E-state index contributed by atoms with van der Waals surface area (Å²) >= 11 is 6.15. The molecule has 0 spiro atoms. The lowest BCUT2D eigenvalue weighted by atomic mass is 9.74. The smallest absolute Gasteiger partial charge is 0.325 e. The number of aromatic nitrogens is 2. The molecule has 0 saturated carbocycles. The van der Waals surface area contributed by atoms with Crippen molar-refractivity contribution in [1.82, 2.24) is 9.97 Å². The molecule has 0 radical (unpaired) electrons. The first-order chi connectivity index (χ1) is 14.7. The van der Waals surface area contributed by atoms with Crippen molar-refractivity contribution in [3.05, 3.63) is 40.5 Å². The molecule has 1 aromatic heterocycles. The summed E-state index contributed by atoms with van der Waals surface area (Å²) < 4.78 is 15.5. The fourth-order valence-corrected chi connectivity index (χ4v) is 3.40. The SMILES string of the molecule is CCOC(=O)C(CC)(C(=O)O)C(Nc1nc(C)c(Cl)c(OC)n1)c1ccc(OC)cc1. The largest absolute Gasteiger partial charge is 0.497 e. The van der Waals surface area contributed by atoms with Gasteiger partial charge in [0.2, 0.25) is 11.8 Å². The predicted octanol–water partition coefficient (Wildman–Crippen LogP) is 3.65. The van der Waals surface area contributed by atoms with E-state index in [2.05, 4.69) is 15.3 Å². The molecule has 2 aromatic rings. The lowest BCUT2D eigenvalue weighted by Gasteiger charge is -2.35. The molecule has 2 unspecified atom stereocenters. The third kappa shape index (κ3) is 4.82. The summed E-state index contributed by atoms with van der Waals surface area (Å²) in [5.41, 5.74) is -1.01. The van der Waals surface area contributed by atoms with Crippen molar-refractivity contribution in [3.8, 4) is 11.6 Å². The average Bonchev–Trinajstić information content (AvgIpc) is 2.76. The lowest BCUT2D eigenvalue weighted by Crippen LogP contribution is -2.48. The van der Waals surface area contributed by atoms with Crippen molar-refractivity contribution in [2.75, 3.05) is 26.1 Å². The molecule has 0 amide bonds. The Morgan fingerprint density at radius 2 is 1.81 bits per heavy atom. The zero-order valence-electron chi connectivity index (χ0n) is 18.1. The molecule has 31 heavy (non-hydrogen) atoms. The van der Waals surface area contributed by atoms with E-state index in [1.807, 2.05) is 0 Å². The van der Waals surface area contributed by atoms with Crippen LogP contribution in [-0.2, 0) is 14.3 Å². The number of halogens is 1. The van der Waals surface area contributed by atoms with Crippen molar-refractivity contribution >= 4 is 29.5 Å². The predicted molar refractivity (Wildman–Crippen MR) is 115 cm³/mol. The maximum atomic E-state index is 13.0. The maximum Gasteiger partial charge on any atom is 0.325 e. The summed E-state index contributed by atoms with van der Waals surface area (Å²) in [6.45, 7) is 4.92. The van der Waals surface area contributed by atoms with Gasteiger partial charge >= 0.3 is 11.9 Å². The van der Waals surface area contributed by atoms with Crippen LogP contribution in [0.5, 0.6) is 11.6 Å². The van der Waals surface area contributed by atoms with Crippen molar-refractivity contribution < 1.29 is 28.9 Å². The Morgan fingerprint density at radius 3 is 2.29 bits per heavy atom. The topological polar surface area (TPSA) is 120 Å². The van der Waals surface area contributed by atoms with Gasteiger partial charge in [-0.2, -0.15) is 4.98 Å². The van der Waals surface area contributed by atoms with Crippen LogP contribution in [0.2, 0.25) is 5.02 Å².